The number of hydrogen-bond acceptors (Lipinski definition) is 4. The maximum Gasteiger partial charge on any atom is 0.0120 e. The average Bonchev–Trinajstić information content (AvgIpc) is 2.56. The van der Waals surface area contributed by atoms with Crippen molar-refractivity contribution in [3.8, 4) is 0 Å². The third-order valence-corrected chi connectivity index (χ3v) is 6.97. The van der Waals surface area contributed by atoms with Gasteiger partial charge < -0.3 is 9.80 Å². The Bertz CT molecular complexity index is 337. The molecule has 3 fully saturated rings. The lowest BCUT2D eigenvalue weighted by atomic mass is 9.81. The van der Waals surface area contributed by atoms with Gasteiger partial charge in [0.05, 0.1) is 0 Å². The van der Waals surface area contributed by atoms with Crippen molar-refractivity contribution in [2.45, 2.75) is 45.6 Å². The highest BCUT2D eigenvalue weighted by molar-refractivity contribution is 7.99. The zero-order chi connectivity index (χ0) is 15.4. The van der Waals surface area contributed by atoms with Crippen molar-refractivity contribution in [3.63, 3.8) is 0 Å². The normalized spacial score (nSPS) is 34.1. The number of rotatable bonds is 4. The van der Waals surface area contributed by atoms with Crippen molar-refractivity contribution in [2.75, 3.05) is 63.9 Å². The summed E-state index contributed by atoms with van der Waals surface area (Å²) < 4.78 is 0. The molecule has 0 radical (unpaired) electrons. The van der Waals surface area contributed by atoms with E-state index in [1.165, 1.54) is 89.5 Å². The number of piperidine rings is 2. The van der Waals surface area contributed by atoms with E-state index in [4.69, 9.17) is 0 Å². The van der Waals surface area contributed by atoms with Gasteiger partial charge in [0.25, 0.3) is 0 Å². The number of likely N-dealkylation sites (tertiary alicyclic amines) is 2. The summed E-state index contributed by atoms with van der Waals surface area (Å²) in [5.41, 5.74) is 0.531. The lowest BCUT2D eigenvalue weighted by Crippen LogP contribution is -2.52. The highest BCUT2D eigenvalue weighted by Crippen LogP contribution is 2.31. The van der Waals surface area contributed by atoms with Crippen LogP contribution in [0.25, 0.3) is 0 Å². The molecule has 0 spiro atoms. The van der Waals surface area contributed by atoms with Gasteiger partial charge in [-0.1, -0.05) is 13.8 Å². The van der Waals surface area contributed by atoms with Crippen LogP contribution in [0.15, 0.2) is 0 Å². The molecule has 3 saturated heterocycles. The highest BCUT2D eigenvalue weighted by atomic mass is 32.2. The van der Waals surface area contributed by atoms with Gasteiger partial charge in [-0.15, -0.1) is 0 Å². The van der Waals surface area contributed by atoms with E-state index < -0.39 is 0 Å². The summed E-state index contributed by atoms with van der Waals surface area (Å²) in [5, 5.41) is 0. The summed E-state index contributed by atoms with van der Waals surface area (Å²) in [5.74, 6) is 2.70. The molecule has 4 heteroatoms. The average molecular weight is 326 g/mol. The second-order valence-electron chi connectivity index (χ2n) is 7.94. The molecule has 0 aromatic carbocycles. The largest absolute Gasteiger partial charge is 0.303 e. The SMILES string of the molecule is CCN1CCCC(C)(CN2CCC(N3CCSCC3)CC2)C1. The second-order valence-corrected chi connectivity index (χ2v) is 9.16. The van der Waals surface area contributed by atoms with E-state index in [-0.39, 0.29) is 0 Å². The maximum absolute atomic E-state index is 2.77. The Balaban J connectivity index is 1.45. The third kappa shape index (κ3) is 4.40. The van der Waals surface area contributed by atoms with Gasteiger partial charge >= 0.3 is 0 Å². The van der Waals surface area contributed by atoms with Crippen molar-refractivity contribution in [1.82, 2.24) is 14.7 Å². The molecule has 22 heavy (non-hydrogen) atoms. The monoisotopic (exact) mass is 325 g/mol. The minimum Gasteiger partial charge on any atom is -0.303 e. The van der Waals surface area contributed by atoms with Crippen molar-refractivity contribution in [1.29, 1.82) is 0 Å². The van der Waals surface area contributed by atoms with E-state index in [1.807, 2.05) is 0 Å². The molecule has 3 nitrogen and oxygen atoms in total. The van der Waals surface area contributed by atoms with Crippen LogP contribution in [0, 0.1) is 5.41 Å². The third-order valence-electron chi connectivity index (χ3n) is 6.03. The predicted molar refractivity (Wildman–Crippen MR) is 97.8 cm³/mol. The van der Waals surface area contributed by atoms with Crippen LogP contribution in [0.2, 0.25) is 0 Å². The van der Waals surface area contributed by atoms with Gasteiger partial charge in [0.2, 0.25) is 0 Å². The molecule has 3 rings (SSSR count). The molecule has 3 aliphatic heterocycles. The van der Waals surface area contributed by atoms with Crippen molar-refractivity contribution in [3.05, 3.63) is 0 Å². The van der Waals surface area contributed by atoms with Crippen molar-refractivity contribution in [2.24, 2.45) is 5.41 Å². The summed E-state index contributed by atoms with van der Waals surface area (Å²) in [6.45, 7) is 15.4. The summed E-state index contributed by atoms with van der Waals surface area (Å²) in [6, 6.07) is 0.878. The molecule has 128 valence electrons. The Kier molecular flexibility index (Phi) is 6.10. The van der Waals surface area contributed by atoms with Crippen LogP contribution >= 0.6 is 11.8 Å². The molecular formula is C18H35N3S. The fourth-order valence-corrected chi connectivity index (χ4v) is 5.68. The fourth-order valence-electron chi connectivity index (χ4n) is 4.75. The number of hydrogen-bond donors (Lipinski definition) is 0. The number of thioether (sulfide) groups is 1. The van der Waals surface area contributed by atoms with Crippen LogP contribution in [0.5, 0.6) is 0 Å². The predicted octanol–water partition coefficient (Wildman–Crippen LogP) is 2.62. The van der Waals surface area contributed by atoms with Crippen LogP contribution in [-0.2, 0) is 0 Å². The topological polar surface area (TPSA) is 9.72 Å². The molecular weight excluding hydrogens is 290 g/mol. The summed E-state index contributed by atoms with van der Waals surface area (Å²) in [4.78, 5) is 8.20. The van der Waals surface area contributed by atoms with Crippen LogP contribution in [0.3, 0.4) is 0 Å². The quantitative estimate of drug-likeness (QED) is 0.786. The Morgan fingerprint density at radius 1 is 1.00 bits per heavy atom. The summed E-state index contributed by atoms with van der Waals surface area (Å²) >= 11 is 2.13. The van der Waals surface area contributed by atoms with E-state index in [0.29, 0.717) is 5.41 Å². The Morgan fingerprint density at radius 3 is 2.41 bits per heavy atom. The van der Waals surface area contributed by atoms with Crippen molar-refractivity contribution >= 4 is 11.8 Å². The van der Waals surface area contributed by atoms with Crippen molar-refractivity contribution < 1.29 is 0 Å². The molecule has 0 saturated carbocycles. The first-order valence-electron chi connectivity index (χ1n) is 9.45. The van der Waals surface area contributed by atoms with E-state index in [0.717, 1.165) is 6.04 Å². The van der Waals surface area contributed by atoms with Crippen LogP contribution in [0.4, 0.5) is 0 Å². The Labute approximate surface area is 141 Å². The van der Waals surface area contributed by atoms with Gasteiger partial charge in [0, 0.05) is 43.7 Å². The standard InChI is InChI=1S/C18H35N3S/c1-3-19-8-4-7-18(2,15-19)16-20-9-5-17(6-10-20)21-11-13-22-14-12-21/h17H,3-16H2,1-2H3. The Hall–Kier alpha value is 0.230. The van der Waals surface area contributed by atoms with Gasteiger partial charge in [-0.3, -0.25) is 4.90 Å². The van der Waals surface area contributed by atoms with Gasteiger partial charge in [-0.2, -0.15) is 11.8 Å². The minimum absolute atomic E-state index is 0.531. The van der Waals surface area contributed by atoms with Gasteiger partial charge in [-0.25, -0.2) is 0 Å². The van der Waals surface area contributed by atoms with Gasteiger partial charge in [0.1, 0.15) is 0 Å². The van der Waals surface area contributed by atoms with Crippen LogP contribution < -0.4 is 0 Å². The zero-order valence-electron chi connectivity index (χ0n) is 14.7. The van der Waals surface area contributed by atoms with Gasteiger partial charge in [-0.05, 0) is 57.3 Å². The minimum atomic E-state index is 0.531. The van der Waals surface area contributed by atoms with E-state index in [9.17, 15) is 0 Å². The van der Waals surface area contributed by atoms with E-state index in [2.05, 4.69) is 40.3 Å². The highest BCUT2D eigenvalue weighted by Gasteiger charge is 2.34. The molecule has 3 aliphatic rings. The van der Waals surface area contributed by atoms with Gasteiger partial charge in [0.15, 0.2) is 0 Å². The molecule has 1 atom stereocenters. The lowest BCUT2D eigenvalue weighted by Gasteiger charge is -2.46. The molecule has 0 N–H and O–H groups in total. The maximum atomic E-state index is 2.77. The molecule has 0 bridgehead atoms. The first kappa shape index (κ1) is 17.1. The molecule has 0 aliphatic carbocycles. The molecule has 0 amide bonds. The zero-order valence-corrected chi connectivity index (χ0v) is 15.5. The first-order chi connectivity index (χ1) is 10.7. The smallest absolute Gasteiger partial charge is 0.0120 e. The molecule has 0 aromatic heterocycles. The molecule has 3 heterocycles. The number of nitrogens with zero attached hydrogens (tertiary/aromatic N) is 3. The second kappa shape index (κ2) is 7.87. The van der Waals surface area contributed by atoms with Crippen LogP contribution in [-0.4, -0.2) is 84.6 Å². The lowest BCUT2D eigenvalue weighted by molar-refractivity contribution is 0.0419. The summed E-state index contributed by atoms with van der Waals surface area (Å²) in [7, 11) is 0. The fraction of sp³-hybridized carbons (Fsp3) is 1.00. The Morgan fingerprint density at radius 2 is 1.73 bits per heavy atom. The summed E-state index contributed by atoms with van der Waals surface area (Å²) in [6.07, 6.45) is 5.62. The first-order valence-corrected chi connectivity index (χ1v) is 10.6. The molecule has 1 unspecified atom stereocenters. The van der Waals surface area contributed by atoms with E-state index >= 15 is 0 Å². The molecule has 0 aromatic rings. The van der Waals surface area contributed by atoms with Crippen LogP contribution in [0.1, 0.15) is 39.5 Å². The van der Waals surface area contributed by atoms with E-state index in [1.54, 1.807) is 0 Å².